The second kappa shape index (κ2) is 6.19. The highest BCUT2D eigenvalue weighted by Crippen LogP contribution is 2.44. The monoisotopic (exact) mass is 370 g/mol. The summed E-state index contributed by atoms with van der Waals surface area (Å²) in [6, 6.07) is 0. The molecule has 6 heteroatoms. The van der Waals surface area contributed by atoms with Crippen molar-refractivity contribution in [3.05, 3.63) is 16.3 Å². The molecule has 1 atom stereocenters. The van der Waals surface area contributed by atoms with E-state index in [1.807, 2.05) is 16.2 Å². The van der Waals surface area contributed by atoms with Gasteiger partial charge in [-0.05, 0) is 43.6 Å². The molecule has 138 valence electrons. The van der Waals surface area contributed by atoms with Crippen molar-refractivity contribution in [1.82, 2.24) is 14.9 Å². The van der Waals surface area contributed by atoms with Gasteiger partial charge in [0, 0.05) is 43.9 Å². The predicted molar refractivity (Wildman–Crippen MR) is 105 cm³/mol. The van der Waals surface area contributed by atoms with Crippen molar-refractivity contribution in [2.45, 2.75) is 51.9 Å². The molecule has 2 aliphatic carbocycles. The van der Waals surface area contributed by atoms with Crippen molar-refractivity contribution in [1.29, 1.82) is 0 Å². The van der Waals surface area contributed by atoms with Gasteiger partial charge in [-0.15, -0.1) is 11.3 Å². The third-order valence-corrected chi connectivity index (χ3v) is 7.27. The first-order chi connectivity index (χ1) is 12.6. The Hall–Kier alpha value is -1.69. The lowest BCUT2D eigenvalue weighted by Gasteiger charge is -2.35. The van der Waals surface area contributed by atoms with Crippen LogP contribution in [0.25, 0.3) is 10.2 Å². The Morgan fingerprint density at radius 1 is 1.12 bits per heavy atom. The molecule has 1 aliphatic heterocycles. The van der Waals surface area contributed by atoms with E-state index in [1.165, 1.54) is 46.3 Å². The number of nitrogens with zero attached hydrogens (tertiary/aromatic N) is 4. The summed E-state index contributed by atoms with van der Waals surface area (Å²) >= 11 is 1.90. The molecule has 1 saturated heterocycles. The van der Waals surface area contributed by atoms with Crippen LogP contribution in [0.3, 0.4) is 0 Å². The minimum atomic E-state index is 0.179. The third kappa shape index (κ3) is 2.79. The molecule has 0 bridgehead atoms. The number of aryl methyl sites for hydroxylation is 1. The molecule has 2 aromatic rings. The van der Waals surface area contributed by atoms with Crippen molar-refractivity contribution in [3.63, 3.8) is 0 Å². The highest BCUT2D eigenvalue weighted by Gasteiger charge is 2.32. The van der Waals surface area contributed by atoms with Crippen molar-refractivity contribution in [2.24, 2.45) is 5.92 Å². The fraction of sp³-hybridized carbons (Fsp3) is 0.650. The lowest BCUT2D eigenvalue weighted by atomic mass is 9.89. The van der Waals surface area contributed by atoms with Gasteiger partial charge in [-0.25, -0.2) is 9.97 Å². The summed E-state index contributed by atoms with van der Waals surface area (Å²) in [5.41, 5.74) is 1.51. The van der Waals surface area contributed by atoms with Crippen molar-refractivity contribution in [2.75, 3.05) is 31.1 Å². The Bertz CT molecular complexity index is 864. The lowest BCUT2D eigenvalue weighted by molar-refractivity contribution is -0.129. The van der Waals surface area contributed by atoms with Crippen LogP contribution in [0.4, 0.5) is 5.82 Å². The Kier molecular flexibility index (Phi) is 3.92. The molecule has 5 rings (SSSR count). The average molecular weight is 371 g/mol. The summed E-state index contributed by atoms with van der Waals surface area (Å²) in [6.07, 6.45) is 6.06. The summed E-state index contributed by atoms with van der Waals surface area (Å²) in [4.78, 5) is 28.8. The number of carbonyl (C=O) groups is 1. The first-order valence-electron chi connectivity index (χ1n) is 9.93. The van der Waals surface area contributed by atoms with Gasteiger partial charge >= 0.3 is 0 Å². The zero-order chi connectivity index (χ0) is 17.8. The van der Waals surface area contributed by atoms with Crippen LogP contribution in [0, 0.1) is 5.92 Å². The van der Waals surface area contributed by atoms with E-state index in [0.29, 0.717) is 5.92 Å². The maximum atomic E-state index is 11.7. The highest BCUT2D eigenvalue weighted by atomic mass is 32.1. The van der Waals surface area contributed by atoms with Crippen molar-refractivity contribution >= 4 is 33.3 Å². The molecule has 1 amide bonds. The molecule has 5 nitrogen and oxygen atoms in total. The number of anilines is 1. The number of carbonyl (C=O) groups excluding carboxylic acids is 1. The van der Waals surface area contributed by atoms with E-state index >= 15 is 0 Å². The lowest BCUT2D eigenvalue weighted by Crippen LogP contribution is -2.48. The van der Waals surface area contributed by atoms with Crippen LogP contribution in [0.5, 0.6) is 0 Å². The van der Waals surface area contributed by atoms with Crippen LogP contribution in [0.2, 0.25) is 0 Å². The number of amides is 1. The van der Waals surface area contributed by atoms with E-state index in [0.717, 1.165) is 50.2 Å². The van der Waals surface area contributed by atoms with Crippen LogP contribution in [-0.2, 0) is 17.6 Å². The molecule has 0 aromatic carbocycles. The Labute approximate surface area is 158 Å². The van der Waals surface area contributed by atoms with Crippen LogP contribution >= 0.6 is 11.3 Å². The fourth-order valence-corrected chi connectivity index (χ4v) is 5.71. The van der Waals surface area contributed by atoms with Crippen molar-refractivity contribution in [3.8, 4) is 0 Å². The van der Waals surface area contributed by atoms with Gasteiger partial charge in [0.1, 0.15) is 16.5 Å². The quantitative estimate of drug-likeness (QED) is 0.813. The van der Waals surface area contributed by atoms with Gasteiger partial charge < -0.3 is 9.80 Å². The third-order valence-electron chi connectivity index (χ3n) is 6.12. The molecule has 2 aromatic heterocycles. The van der Waals surface area contributed by atoms with Gasteiger partial charge in [-0.2, -0.15) is 0 Å². The van der Waals surface area contributed by atoms with Gasteiger partial charge in [-0.3, -0.25) is 4.79 Å². The topological polar surface area (TPSA) is 49.3 Å². The zero-order valence-electron chi connectivity index (χ0n) is 15.6. The molecule has 0 unspecified atom stereocenters. The van der Waals surface area contributed by atoms with E-state index in [4.69, 9.17) is 9.97 Å². The standard InChI is InChI=1S/C20H26N4OS/c1-12-3-6-15-16(11-12)26-20-17(15)19(21-18(22-20)14-4-5-14)24-9-7-23(8-10-24)13(2)25/h12,14H,3-11H2,1-2H3/t12-/m1/s1. The van der Waals surface area contributed by atoms with Crippen LogP contribution in [0.1, 0.15) is 55.3 Å². The number of fused-ring (bicyclic) bond motifs is 3. The molecule has 3 aliphatic rings. The molecule has 1 saturated carbocycles. The van der Waals surface area contributed by atoms with E-state index < -0.39 is 0 Å². The average Bonchev–Trinajstić information content (AvgIpc) is 3.42. The molecule has 0 N–H and O–H groups in total. The zero-order valence-corrected chi connectivity index (χ0v) is 16.4. The Morgan fingerprint density at radius 3 is 2.58 bits per heavy atom. The molecule has 0 spiro atoms. The van der Waals surface area contributed by atoms with Crippen molar-refractivity contribution < 1.29 is 4.79 Å². The molecule has 3 heterocycles. The number of aromatic nitrogens is 2. The molecule has 26 heavy (non-hydrogen) atoms. The molecular weight excluding hydrogens is 344 g/mol. The minimum Gasteiger partial charge on any atom is -0.352 e. The normalized spacial score (nSPS) is 23.4. The van der Waals surface area contributed by atoms with Crippen LogP contribution < -0.4 is 4.90 Å². The SMILES string of the molecule is CC(=O)N1CCN(c2nc(C3CC3)nc3sc4c(c23)CC[C@@H](C)C4)CC1. The van der Waals surface area contributed by atoms with Crippen LogP contribution in [-0.4, -0.2) is 47.0 Å². The summed E-state index contributed by atoms with van der Waals surface area (Å²) in [6.45, 7) is 7.36. The van der Waals surface area contributed by atoms with Gasteiger partial charge in [0.05, 0.1) is 5.39 Å². The Morgan fingerprint density at radius 2 is 1.88 bits per heavy atom. The maximum Gasteiger partial charge on any atom is 0.219 e. The largest absolute Gasteiger partial charge is 0.352 e. The summed E-state index contributed by atoms with van der Waals surface area (Å²) in [5, 5.41) is 1.32. The summed E-state index contributed by atoms with van der Waals surface area (Å²) in [7, 11) is 0. The second-order valence-corrected chi connectivity index (χ2v) is 9.29. The van der Waals surface area contributed by atoms with Gasteiger partial charge in [-0.1, -0.05) is 6.92 Å². The number of rotatable bonds is 2. The molecule has 0 radical (unpaired) electrons. The number of hydrogen-bond donors (Lipinski definition) is 0. The Balaban J connectivity index is 1.57. The van der Waals surface area contributed by atoms with E-state index in [2.05, 4.69) is 11.8 Å². The highest BCUT2D eigenvalue weighted by molar-refractivity contribution is 7.19. The van der Waals surface area contributed by atoms with E-state index in [1.54, 1.807) is 6.92 Å². The van der Waals surface area contributed by atoms with Crippen LogP contribution in [0.15, 0.2) is 0 Å². The van der Waals surface area contributed by atoms with Gasteiger partial charge in [0.2, 0.25) is 5.91 Å². The van der Waals surface area contributed by atoms with Gasteiger partial charge in [0.25, 0.3) is 0 Å². The predicted octanol–water partition coefficient (Wildman–Crippen LogP) is 3.36. The number of piperazine rings is 1. The molecular formula is C20H26N4OS. The maximum absolute atomic E-state index is 11.7. The first kappa shape index (κ1) is 16.5. The summed E-state index contributed by atoms with van der Waals surface area (Å²) < 4.78 is 0. The second-order valence-electron chi connectivity index (χ2n) is 8.20. The number of thiophene rings is 1. The van der Waals surface area contributed by atoms with Gasteiger partial charge in [0.15, 0.2) is 0 Å². The summed E-state index contributed by atoms with van der Waals surface area (Å²) in [5.74, 6) is 3.71. The van der Waals surface area contributed by atoms with E-state index in [9.17, 15) is 4.79 Å². The smallest absolute Gasteiger partial charge is 0.219 e. The number of hydrogen-bond acceptors (Lipinski definition) is 5. The van der Waals surface area contributed by atoms with E-state index in [-0.39, 0.29) is 5.91 Å². The molecule has 2 fully saturated rings. The first-order valence-corrected chi connectivity index (χ1v) is 10.7. The fourth-order valence-electron chi connectivity index (χ4n) is 4.33. The minimum absolute atomic E-state index is 0.179.